The Bertz CT molecular complexity index is 910. The highest BCUT2D eigenvalue weighted by molar-refractivity contribution is 9.10. The number of carbonyl (C=O) groups excluding carboxylic acids is 2. The van der Waals surface area contributed by atoms with Gasteiger partial charge in [0, 0.05) is 30.0 Å². The topological polar surface area (TPSA) is 80.8 Å². The van der Waals surface area contributed by atoms with Gasteiger partial charge in [-0.3, -0.25) is 9.59 Å². The van der Waals surface area contributed by atoms with Gasteiger partial charge >= 0.3 is 0 Å². The molecule has 1 saturated heterocycles. The van der Waals surface area contributed by atoms with Gasteiger partial charge in [0.15, 0.2) is 16.6 Å². The maximum absolute atomic E-state index is 13.0. The normalized spacial score (nSPS) is 14.5. The van der Waals surface area contributed by atoms with E-state index in [-0.39, 0.29) is 17.7 Å². The van der Waals surface area contributed by atoms with E-state index >= 15 is 0 Å². The van der Waals surface area contributed by atoms with Gasteiger partial charge in [0.05, 0.1) is 23.9 Å². The van der Waals surface area contributed by atoms with Gasteiger partial charge in [-0.15, -0.1) is 11.3 Å². The second kappa shape index (κ2) is 10.3. The molecule has 0 atom stereocenters. The first-order chi connectivity index (χ1) is 14.4. The van der Waals surface area contributed by atoms with Crippen LogP contribution < -0.4 is 14.8 Å². The highest BCUT2D eigenvalue weighted by atomic mass is 79.9. The van der Waals surface area contributed by atoms with Crippen molar-refractivity contribution in [3.63, 3.8) is 0 Å². The van der Waals surface area contributed by atoms with Crippen LogP contribution in [-0.4, -0.2) is 48.5 Å². The molecule has 0 radical (unpaired) electrons. The number of aromatic nitrogens is 1. The molecule has 2 aromatic rings. The van der Waals surface area contributed by atoms with E-state index in [0.717, 1.165) is 12.1 Å². The number of likely N-dealkylation sites (tertiary alicyclic amines) is 1. The number of anilines is 1. The Labute approximate surface area is 188 Å². The number of piperidine rings is 1. The largest absolute Gasteiger partial charge is 0.493 e. The average Bonchev–Trinajstić information content (AvgIpc) is 3.16. The number of hydrogen-bond acceptors (Lipinski definition) is 6. The van der Waals surface area contributed by atoms with Crippen LogP contribution in [0, 0.1) is 12.8 Å². The zero-order valence-electron chi connectivity index (χ0n) is 17.4. The zero-order valence-corrected chi connectivity index (χ0v) is 19.8. The SMILES string of the molecule is CCCOc1c(Br)cc(C(=O)N2CCC(C(=O)Nc3nc(C)cs3)CC2)cc1OC. The molecule has 0 unspecified atom stereocenters. The van der Waals surface area contributed by atoms with Gasteiger partial charge in [0.1, 0.15) is 0 Å². The summed E-state index contributed by atoms with van der Waals surface area (Å²) >= 11 is 4.91. The van der Waals surface area contributed by atoms with Crippen molar-refractivity contribution in [1.82, 2.24) is 9.88 Å². The number of hydrogen-bond donors (Lipinski definition) is 1. The number of carbonyl (C=O) groups is 2. The van der Waals surface area contributed by atoms with Crippen LogP contribution in [0.2, 0.25) is 0 Å². The number of ether oxygens (including phenoxy) is 2. The molecule has 1 aliphatic rings. The fraction of sp³-hybridized carbons (Fsp3) is 0.476. The number of thiazole rings is 1. The Morgan fingerprint density at radius 1 is 1.33 bits per heavy atom. The Kier molecular flexibility index (Phi) is 7.71. The van der Waals surface area contributed by atoms with Gasteiger partial charge in [0.25, 0.3) is 5.91 Å². The molecule has 30 heavy (non-hydrogen) atoms. The number of halogens is 1. The zero-order chi connectivity index (χ0) is 21.7. The van der Waals surface area contributed by atoms with Crippen molar-refractivity contribution in [3.8, 4) is 11.5 Å². The lowest BCUT2D eigenvalue weighted by Crippen LogP contribution is -2.41. The van der Waals surface area contributed by atoms with E-state index in [0.29, 0.717) is 59.2 Å². The van der Waals surface area contributed by atoms with E-state index in [4.69, 9.17) is 9.47 Å². The van der Waals surface area contributed by atoms with Crippen molar-refractivity contribution < 1.29 is 19.1 Å². The van der Waals surface area contributed by atoms with Crippen LogP contribution in [-0.2, 0) is 4.79 Å². The maximum atomic E-state index is 13.0. The van der Waals surface area contributed by atoms with Crippen LogP contribution in [0.3, 0.4) is 0 Å². The molecule has 1 N–H and O–H groups in total. The summed E-state index contributed by atoms with van der Waals surface area (Å²) in [6, 6.07) is 3.47. The standard InChI is InChI=1S/C21H26BrN3O4S/c1-4-9-29-18-16(22)10-15(11-17(18)28-3)20(27)25-7-5-14(6-8-25)19(26)24-21-23-13(2)12-30-21/h10-12,14H,4-9H2,1-3H3,(H,23,24,26). The minimum absolute atomic E-state index is 0.0294. The molecule has 1 fully saturated rings. The summed E-state index contributed by atoms with van der Waals surface area (Å²) in [6.07, 6.45) is 2.12. The van der Waals surface area contributed by atoms with Crippen LogP contribution in [0.25, 0.3) is 0 Å². The summed E-state index contributed by atoms with van der Waals surface area (Å²) in [5.41, 5.74) is 1.42. The second-order valence-electron chi connectivity index (χ2n) is 7.19. The Balaban J connectivity index is 1.62. The first-order valence-electron chi connectivity index (χ1n) is 9.95. The average molecular weight is 496 g/mol. The Morgan fingerprint density at radius 3 is 2.67 bits per heavy atom. The minimum atomic E-state index is -0.121. The number of methoxy groups -OCH3 is 1. The Hall–Kier alpha value is -2.13. The summed E-state index contributed by atoms with van der Waals surface area (Å²) in [5, 5.41) is 5.41. The van der Waals surface area contributed by atoms with Gasteiger partial charge in [-0.05, 0) is 54.2 Å². The van der Waals surface area contributed by atoms with Crippen LogP contribution in [0.5, 0.6) is 11.5 Å². The lowest BCUT2D eigenvalue weighted by Gasteiger charge is -2.31. The lowest BCUT2D eigenvalue weighted by atomic mass is 9.95. The summed E-state index contributed by atoms with van der Waals surface area (Å²) in [4.78, 5) is 31.6. The van der Waals surface area contributed by atoms with Gasteiger partial charge in [-0.1, -0.05) is 6.92 Å². The summed E-state index contributed by atoms with van der Waals surface area (Å²) < 4.78 is 11.8. The third-order valence-electron chi connectivity index (χ3n) is 4.93. The molecule has 2 heterocycles. The number of amides is 2. The predicted molar refractivity (Wildman–Crippen MR) is 121 cm³/mol. The molecular weight excluding hydrogens is 470 g/mol. The highest BCUT2D eigenvalue weighted by Crippen LogP contribution is 2.37. The first-order valence-corrected chi connectivity index (χ1v) is 11.6. The van der Waals surface area contributed by atoms with E-state index in [1.54, 1.807) is 24.1 Å². The summed E-state index contributed by atoms with van der Waals surface area (Å²) in [6.45, 7) is 5.55. The molecule has 7 nitrogen and oxygen atoms in total. The molecule has 0 aliphatic carbocycles. The minimum Gasteiger partial charge on any atom is -0.493 e. The van der Waals surface area contributed by atoms with E-state index < -0.39 is 0 Å². The van der Waals surface area contributed by atoms with Crippen molar-refractivity contribution in [2.75, 3.05) is 32.1 Å². The summed E-state index contributed by atoms with van der Waals surface area (Å²) in [5.74, 6) is 0.894. The van der Waals surface area contributed by atoms with Crippen LogP contribution >= 0.6 is 27.3 Å². The quantitative estimate of drug-likeness (QED) is 0.611. The third-order valence-corrected chi connectivity index (χ3v) is 6.39. The first kappa shape index (κ1) is 22.6. The molecule has 9 heteroatoms. The molecule has 0 bridgehead atoms. The van der Waals surface area contributed by atoms with Gasteiger partial charge in [-0.2, -0.15) is 0 Å². The third kappa shape index (κ3) is 5.31. The maximum Gasteiger partial charge on any atom is 0.254 e. The van der Waals surface area contributed by atoms with E-state index in [1.165, 1.54) is 11.3 Å². The highest BCUT2D eigenvalue weighted by Gasteiger charge is 2.29. The number of benzene rings is 1. The second-order valence-corrected chi connectivity index (χ2v) is 8.90. The van der Waals surface area contributed by atoms with Crippen molar-refractivity contribution in [1.29, 1.82) is 0 Å². The van der Waals surface area contributed by atoms with Crippen molar-refractivity contribution in [2.24, 2.45) is 5.92 Å². The number of rotatable bonds is 7. The lowest BCUT2D eigenvalue weighted by molar-refractivity contribution is -0.121. The fourth-order valence-electron chi connectivity index (χ4n) is 3.33. The molecule has 2 amide bonds. The van der Waals surface area contributed by atoms with E-state index in [2.05, 4.69) is 26.2 Å². The monoisotopic (exact) mass is 495 g/mol. The van der Waals surface area contributed by atoms with Crippen LogP contribution in [0.1, 0.15) is 42.2 Å². The van der Waals surface area contributed by atoms with Gasteiger partial charge in [-0.25, -0.2) is 4.98 Å². The fourth-order valence-corrected chi connectivity index (χ4v) is 4.58. The van der Waals surface area contributed by atoms with Crippen molar-refractivity contribution >= 4 is 44.2 Å². The van der Waals surface area contributed by atoms with Crippen LogP contribution in [0.15, 0.2) is 22.0 Å². The molecule has 1 aromatic carbocycles. The predicted octanol–water partition coefficient (Wildman–Crippen LogP) is 4.50. The molecule has 0 spiro atoms. The number of aryl methyl sites for hydroxylation is 1. The van der Waals surface area contributed by atoms with E-state index in [9.17, 15) is 9.59 Å². The molecule has 3 rings (SSSR count). The smallest absolute Gasteiger partial charge is 0.254 e. The molecule has 1 aromatic heterocycles. The van der Waals surface area contributed by atoms with E-state index in [1.807, 2.05) is 19.2 Å². The summed E-state index contributed by atoms with van der Waals surface area (Å²) in [7, 11) is 1.56. The molecule has 1 aliphatic heterocycles. The number of nitrogens with one attached hydrogen (secondary N) is 1. The van der Waals surface area contributed by atoms with Gasteiger partial charge in [0.2, 0.25) is 5.91 Å². The van der Waals surface area contributed by atoms with Gasteiger partial charge < -0.3 is 19.7 Å². The van der Waals surface area contributed by atoms with Crippen LogP contribution in [0.4, 0.5) is 5.13 Å². The molecular formula is C21H26BrN3O4S. The Morgan fingerprint density at radius 2 is 2.07 bits per heavy atom. The molecule has 162 valence electrons. The number of nitrogens with zero attached hydrogens (tertiary/aromatic N) is 2. The van der Waals surface area contributed by atoms with Crippen molar-refractivity contribution in [2.45, 2.75) is 33.1 Å². The molecule has 0 saturated carbocycles. The van der Waals surface area contributed by atoms with Crippen molar-refractivity contribution in [3.05, 3.63) is 33.2 Å².